The Labute approximate surface area is 137 Å². The summed E-state index contributed by atoms with van der Waals surface area (Å²) < 4.78 is 5.18. The van der Waals surface area contributed by atoms with E-state index in [9.17, 15) is 0 Å². The van der Waals surface area contributed by atoms with E-state index in [1.54, 1.807) is 7.11 Å². The van der Waals surface area contributed by atoms with Crippen LogP contribution in [0.15, 0.2) is 78.9 Å². The quantitative estimate of drug-likeness (QED) is 0.618. The van der Waals surface area contributed by atoms with Gasteiger partial charge < -0.3 is 10.1 Å². The van der Waals surface area contributed by atoms with Crippen molar-refractivity contribution >= 4 is 23.5 Å². The van der Waals surface area contributed by atoms with Gasteiger partial charge in [0.25, 0.3) is 0 Å². The van der Waals surface area contributed by atoms with Gasteiger partial charge in [-0.05, 0) is 47.5 Å². The third-order valence-electron chi connectivity index (χ3n) is 3.53. The molecule has 2 nitrogen and oxygen atoms in total. The van der Waals surface area contributed by atoms with Crippen LogP contribution in [-0.2, 0) is 0 Å². The van der Waals surface area contributed by atoms with Crippen molar-refractivity contribution in [3.05, 3.63) is 90.0 Å². The summed E-state index contributed by atoms with van der Waals surface area (Å²) in [5.41, 5.74) is 4.45. The Balaban J connectivity index is 1.73. The van der Waals surface area contributed by atoms with E-state index < -0.39 is 0 Å². The molecule has 3 rings (SSSR count). The molecule has 114 valence electrons. The summed E-state index contributed by atoms with van der Waals surface area (Å²) in [7, 11) is 1.67. The fourth-order valence-corrected chi connectivity index (χ4v) is 2.32. The lowest BCUT2D eigenvalue weighted by Gasteiger charge is -2.08. The molecule has 1 N–H and O–H groups in total. The van der Waals surface area contributed by atoms with E-state index in [0.717, 1.165) is 22.7 Å². The molecule has 0 saturated heterocycles. The van der Waals surface area contributed by atoms with Crippen LogP contribution in [0.2, 0.25) is 0 Å². The molecule has 23 heavy (non-hydrogen) atoms. The number of benzene rings is 3. The first-order valence-corrected chi connectivity index (χ1v) is 7.58. The lowest BCUT2D eigenvalue weighted by Crippen LogP contribution is -1.90. The Morgan fingerprint density at radius 3 is 2.13 bits per heavy atom. The van der Waals surface area contributed by atoms with Gasteiger partial charge in [-0.1, -0.05) is 54.6 Å². The lowest BCUT2D eigenvalue weighted by molar-refractivity contribution is 0.415. The van der Waals surface area contributed by atoms with Crippen LogP contribution in [0.25, 0.3) is 12.2 Å². The maximum absolute atomic E-state index is 5.18. The van der Waals surface area contributed by atoms with Gasteiger partial charge in [0.2, 0.25) is 0 Å². The zero-order valence-electron chi connectivity index (χ0n) is 13.1. The molecule has 0 bridgehead atoms. The van der Waals surface area contributed by atoms with E-state index in [1.807, 2.05) is 42.5 Å². The van der Waals surface area contributed by atoms with Crippen molar-refractivity contribution in [3.8, 4) is 5.75 Å². The SMILES string of the molecule is COc1ccc(Nc2cccc(/C=C/c3ccccc3)c2)cc1. The van der Waals surface area contributed by atoms with Gasteiger partial charge >= 0.3 is 0 Å². The fourth-order valence-electron chi connectivity index (χ4n) is 2.32. The molecule has 0 aromatic heterocycles. The minimum absolute atomic E-state index is 0.857. The predicted octanol–water partition coefficient (Wildman–Crippen LogP) is 5.61. The van der Waals surface area contributed by atoms with Crippen LogP contribution in [0.1, 0.15) is 11.1 Å². The summed E-state index contributed by atoms with van der Waals surface area (Å²) in [6.07, 6.45) is 4.24. The highest BCUT2D eigenvalue weighted by Gasteiger charge is 1.97. The van der Waals surface area contributed by atoms with Crippen LogP contribution in [0, 0.1) is 0 Å². The molecule has 0 spiro atoms. The third kappa shape index (κ3) is 4.24. The highest BCUT2D eigenvalue weighted by atomic mass is 16.5. The number of rotatable bonds is 5. The molecule has 0 fully saturated rings. The van der Waals surface area contributed by atoms with Crippen LogP contribution in [0.5, 0.6) is 5.75 Å². The largest absolute Gasteiger partial charge is 0.497 e. The summed E-state index contributed by atoms with van der Waals surface area (Å²) in [5, 5.41) is 3.40. The lowest BCUT2D eigenvalue weighted by atomic mass is 10.1. The van der Waals surface area contributed by atoms with Crippen LogP contribution in [-0.4, -0.2) is 7.11 Å². The summed E-state index contributed by atoms with van der Waals surface area (Å²) in [5.74, 6) is 0.857. The van der Waals surface area contributed by atoms with E-state index in [0.29, 0.717) is 0 Å². The normalized spacial score (nSPS) is 10.7. The van der Waals surface area contributed by atoms with Gasteiger partial charge in [-0.15, -0.1) is 0 Å². The average Bonchev–Trinajstić information content (AvgIpc) is 2.62. The highest BCUT2D eigenvalue weighted by molar-refractivity contribution is 5.72. The molecular formula is C21H19NO. The summed E-state index contributed by atoms with van der Waals surface area (Å²) in [6.45, 7) is 0. The molecule has 0 saturated carbocycles. The van der Waals surface area contributed by atoms with Crippen molar-refractivity contribution in [1.82, 2.24) is 0 Å². The topological polar surface area (TPSA) is 21.3 Å². The first-order chi connectivity index (χ1) is 11.3. The smallest absolute Gasteiger partial charge is 0.119 e. The molecule has 2 heteroatoms. The molecule has 3 aromatic rings. The third-order valence-corrected chi connectivity index (χ3v) is 3.53. The summed E-state index contributed by atoms with van der Waals surface area (Å²) >= 11 is 0. The maximum atomic E-state index is 5.18. The molecule has 0 aliphatic heterocycles. The zero-order valence-corrected chi connectivity index (χ0v) is 13.1. The van der Waals surface area contributed by atoms with Gasteiger partial charge in [0.1, 0.15) is 5.75 Å². The van der Waals surface area contributed by atoms with Gasteiger partial charge in [0.15, 0.2) is 0 Å². The molecule has 0 heterocycles. The van der Waals surface area contributed by atoms with Crippen LogP contribution >= 0.6 is 0 Å². The van der Waals surface area contributed by atoms with Crippen LogP contribution in [0.3, 0.4) is 0 Å². The van der Waals surface area contributed by atoms with Crippen molar-refractivity contribution in [2.24, 2.45) is 0 Å². The van der Waals surface area contributed by atoms with E-state index in [2.05, 4.69) is 53.9 Å². The molecule has 0 unspecified atom stereocenters. The predicted molar refractivity (Wildman–Crippen MR) is 98.1 cm³/mol. The maximum Gasteiger partial charge on any atom is 0.119 e. The van der Waals surface area contributed by atoms with Crippen molar-refractivity contribution in [2.45, 2.75) is 0 Å². The van der Waals surface area contributed by atoms with Gasteiger partial charge in [-0.3, -0.25) is 0 Å². The van der Waals surface area contributed by atoms with Crippen molar-refractivity contribution < 1.29 is 4.74 Å². The van der Waals surface area contributed by atoms with E-state index in [1.165, 1.54) is 5.56 Å². The minimum Gasteiger partial charge on any atom is -0.497 e. The fraction of sp³-hybridized carbons (Fsp3) is 0.0476. The highest BCUT2D eigenvalue weighted by Crippen LogP contribution is 2.21. The Kier molecular flexibility index (Phi) is 4.75. The van der Waals surface area contributed by atoms with Crippen molar-refractivity contribution in [1.29, 1.82) is 0 Å². The number of hydrogen-bond acceptors (Lipinski definition) is 2. The molecule has 0 aliphatic carbocycles. The number of ether oxygens (including phenoxy) is 1. The Bertz CT molecular complexity index is 776. The first-order valence-electron chi connectivity index (χ1n) is 7.58. The minimum atomic E-state index is 0.857. The van der Waals surface area contributed by atoms with Gasteiger partial charge in [-0.25, -0.2) is 0 Å². The second-order valence-electron chi connectivity index (χ2n) is 5.22. The van der Waals surface area contributed by atoms with Gasteiger partial charge in [-0.2, -0.15) is 0 Å². The number of hydrogen-bond donors (Lipinski definition) is 1. The molecule has 0 amide bonds. The monoisotopic (exact) mass is 301 g/mol. The Morgan fingerprint density at radius 1 is 0.696 bits per heavy atom. The molecule has 0 atom stereocenters. The van der Waals surface area contributed by atoms with Crippen molar-refractivity contribution in [2.75, 3.05) is 12.4 Å². The first kappa shape index (κ1) is 14.9. The van der Waals surface area contributed by atoms with Crippen LogP contribution < -0.4 is 10.1 Å². The Morgan fingerprint density at radius 2 is 1.39 bits per heavy atom. The van der Waals surface area contributed by atoms with Gasteiger partial charge in [0.05, 0.1) is 7.11 Å². The summed E-state index contributed by atoms with van der Waals surface area (Å²) in [6, 6.07) is 26.5. The molecule has 3 aromatic carbocycles. The van der Waals surface area contributed by atoms with E-state index >= 15 is 0 Å². The summed E-state index contributed by atoms with van der Waals surface area (Å²) in [4.78, 5) is 0. The number of methoxy groups -OCH3 is 1. The van der Waals surface area contributed by atoms with E-state index in [4.69, 9.17) is 4.74 Å². The second-order valence-corrected chi connectivity index (χ2v) is 5.22. The average molecular weight is 301 g/mol. The van der Waals surface area contributed by atoms with Crippen molar-refractivity contribution in [3.63, 3.8) is 0 Å². The standard InChI is InChI=1S/C21H19NO/c1-23-21-14-12-19(13-15-21)22-20-9-5-8-18(16-20)11-10-17-6-3-2-4-7-17/h2-16,22H,1H3/b11-10+. The Hall–Kier alpha value is -3.00. The van der Waals surface area contributed by atoms with Crippen LogP contribution in [0.4, 0.5) is 11.4 Å². The second kappa shape index (κ2) is 7.32. The zero-order chi connectivity index (χ0) is 15.9. The molecule has 0 aliphatic rings. The molecular weight excluding hydrogens is 282 g/mol. The number of anilines is 2. The van der Waals surface area contributed by atoms with E-state index in [-0.39, 0.29) is 0 Å². The van der Waals surface area contributed by atoms with Gasteiger partial charge in [0, 0.05) is 11.4 Å². The number of nitrogens with one attached hydrogen (secondary N) is 1. The molecule has 0 radical (unpaired) electrons.